The van der Waals surface area contributed by atoms with Crippen molar-refractivity contribution in [3.05, 3.63) is 38.5 Å². The van der Waals surface area contributed by atoms with Gasteiger partial charge < -0.3 is 5.32 Å². The number of benzene rings is 1. The molecule has 8 nitrogen and oxygen atoms in total. The lowest BCUT2D eigenvalue weighted by Gasteiger charge is -2.11. The third kappa shape index (κ3) is 4.75. The molecule has 1 aromatic carbocycles. The molecular formula is C22H29N5O3. The van der Waals surface area contributed by atoms with Gasteiger partial charge in [0.25, 0.3) is 5.56 Å². The summed E-state index contributed by atoms with van der Waals surface area (Å²) in [5.41, 5.74) is 1.95. The van der Waals surface area contributed by atoms with E-state index in [1.165, 1.54) is 4.57 Å². The highest BCUT2D eigenvalue weighted by Crippen LogP contribution is 2.22. The summed E-state index contributed by atoms with van der Waals surface area (Å²) >= 11 is 0. The molecule has 0 aliphatic carbocycles. The van der Waals surface area contributed by atoms with E-state index in [0.29, 0.717) is 29.7 Å². The Bertz CT molecular complexity index is 1180. The van der Waals surface area contributed by atoms with E-state index in [1.54, 1.807) is 12.1 Å². The Balaban J connectivity index is 1.94. The van der Waals surface area contributed by atoms with E-state index in [-0.39, 0.29) is 17.1 Å². The van der Waals surface area contributed by atoms with Crippen LogP contribution < -0.4 is 16.6 Å². The number of nitrogens with zero attached hydrogens (tertiary/aromatic N) is 3. The van der Waals surface area contributed by atoms with Crippen molar-refractivity contribution in [1.29, 1.82) is 0 Å². The SMILES string of the molecule is CCCCCCC(=O)Nc1cc2nc3[nH]c(=O)n(CCCC)c(=O)c3nc2cc1C. The van der Waals surface area contributed by atoms with Crippen molar-refractivity contribution in [2.45, 2.75) is 72.3 Å². The molecule has 1 amide bonds. The Morgan fingerprint density at radius 3 is 2.50 bits per heavy atom. The first-order valence-corrected chi connectivity index (χ1v) is 10.7. The number of anilines is 1. The second kappa shape index (κ2) is 9.65. The topological polar surface area (TPSA) is 110 Å². The van der Waals surface area contributed by atoms with Crippen molar-refractivity contribution in [2.24, 2.45) is 0 Å². The Morgan fingerprint density at radius 2 is 1.77 bits per heavy atom. The van der Waals surface area contributed by atoms with Crippen molar-refractivity contribution in [3.63, 3.8) is 0 Å². The van der Waals surface area contributed by atoms with Gasteiger partial charge in [-0.15, -0.1) is 0 Å². The third-order valence-corrected chi connectivity index (χ3v) is 5.20. The van der Waals surface area contributed by atoms with Crippen LogP contribution in [0.3, 0.4) is 0 Å². The molecule has 3 aromatic rings. The fourth-order valence-corrected chi connectivity index (χ4v) is 3.41. The molecule has 0 saturated carbocycles. The molecule has 2 N–H and O–H groups in total. The van der Waals surface area contributed by atoms with Crippen LogP contribution in [0.5, 0.6) is 0 Å². The van der Waals surface area contributed by atoms with Gasteiger partial charge in [-0.05, 0) is 37.5 Å². The second-order valence-corrected chi connectivity index (χ2v) is 7.68. The zero-order valence-electron chi connectivity index (χ0n) is 17.9. The Hall–Kier alpha value is -3.03. The van der Waals surface area contributed by atoms with Crippen molar-refractivity contribution in [1.82, 2.24) is 19.5 Å². The number of aryl methyl sites for hydroxylation is 1. The molecule has 0 aliphatic heterocycles. The highest BCUT2D eigenvalue weighted by molar-refractivity contribution is 5.95. The number of carbonyl (C=O) groups is 1. The lowest BCUT2D eigenvalue weighted by atomic mass is 10.1. The van der Waals surface area contributed by atoms with Gasteiger partial charge in [-0.25, -0.2) is 14.8 Å². The maximum absolute atomic E-state index is 12.7. The van der Waals surface area contributed by atoms with Gasteiger partial charge in [0.2, 0.25) is 5.91 Å². The van der Waals surface area contributed by atoms with Gasteiger partial charge in [-0.1, -0.05) is 39.5 Å². The van der Waals surface area contributed by atoms with E-state index < -0.39 is 11.2 Å². The Labute approximate surface area is 174 Å². The Kier molecular flexibility index (Phi) is 6.97. The molecule has 2 aromatic heterocycles. The predicted octanol–water partition coefficient (Wildman–Crippen LogP) is 3.65. The summed E-state index contributed by atoms with van der Waals surface area (Å²) in [6.07, 6.45) is 6.25. The molecule has 0 spiro atoms. The first-order valence-electron chi connectivity index (χ1n) is 10.7. The fraction of sp³-hybridized carbons (Fsp3) is 0.500. The number of hydrogen-bond acceptors (Lipinski definition) is 5. The monoisotopic (exact) mass is 411 g/mol. The number of nitrogens with one attached hydrogen (secondary N) is 2. The quantitative estimate of drug-likeness (QED) is 0.412. The number of amides is 1. The minimum atomic E-state index is -0.484. The molecule has 0 saturated heterocycles. The van der Waals surface area contributed by atoms with Crippen LogP contribution in [0.1, 0.15) is 64.4 Å². The summed E-state index contributed by atoms with van der Waals surface area (Å²) in [7, 11) is 0. The normalized spacial score (nSPS) is 11.3. The molecule has 0 bridgehead atoms. The van der Waals surface area contributed by atoms with E-state index in [9.17, 15) is 14.4 Å². The standard InChI is InChI=1S/C22H29N5O3/c1-4-6-8-9-10-18(28)23-15-13-17-16(12-14(15)3)24-19-20(25-17)26-22(30)27(21(19)29)11-7-5-2/h12-13H,4-11H2,1-3H3,(H,23,28)(H,25,26,30). The number of aromatic nitrogens is 4. The van der Waals surface area contributed by atoms with Crippen molar-refractivity contribution >= 4 is 33.8 Å². The average Bonchev–Trinajstić information content (AvgIpc) is 2.71. The number of fused-ring (bicyclic) bond motifs is 2. The lowest BCUT2D eigenvalue weighted by molar-refractivity contribution is -0.116. The van der Waals surface area contributed by atoms with Crippen molar-refractivity contribution < 1.29 is 4.79 Å². The summed E-state index contributed by atoms with van der Waals surface area (Å²) in [6, 6.07) is 3.54. The van der Waals surface area contributed by atoms with E-state index in [2.05, 4.69) is 27.2 Å². The van der Waals surface area contributed by atoms with Crippen LogP contribution in [0, 0.1) is 6.92 Å². The smallest absolute Gasteiger partial charge is 0.326 e. The summed E-state index contributed by atoms with van der Waals surface area (Å²) in [4.78, 5) is 48.8. The zero-order valence-corrected chi connectivity index (χ0v) is 17.9. The minimum Gasteiger partial charge on any atom is -0.326 e. The largest absolute Gasteiger partial charge is 0.330 e. The Morgan fingerprint density at radius 1 is 1.03 bits per heavy atom. The number of carbonyl (C=O) groups excluding carboxylic acids is 1. The van der Waals surface area contributed by atoms with Crippen LogP contribution >= 0.6 is 0 Å². The van der Waals surface area contributed by atoms with Gasteiger partial charge in [0, 0.05) is 18.7 Å². The van der Waals surface area contributed by atoms with E-state index in [0.717, 1.165) is 44.1 Å². The fourth-order valence-electron chi connectivity index (χ4n) is 3.41. The summed E-state index contributed by atoms with van der Waals surface area (Å²) in [5.74, 6) is -0.0329. The van der Waals surface area contributed by atoms with Gasteiger partial charge >= 0.3 is 5.69 Å². The maximum atomic E-state index is 12.7. The molecule has 0 atom stereocenters. The van der Waals surface area contributed by atoms with Crippen LogP contribution in [0.15, 0.2) is 21.7 Å². The van der Waals surface area contributed by atoms with Crippen molar-refractivity contribution in [3.8, 4) is 0 Å². The molecule has 2 heterocycles. The summed E-state index contributed by atoms with van der Waals surface area (Å²) < 4.78 is 1.17. The van der Waals surface area contributed by atoms with Crippen LogP contribution in [0.2, 0.25) is 0 Å². The maximum Gasteiger partial charge on any atom is 0.330 e. The first kappa shape index (κ1) is 21.7. The van der Waals surface area contributed by atoms with E-state index in [4.69, 9.17) is 0 Å². The summed E-state index contributed by atoms with van der Waals surface area (Å²) in [6.45, 7) is 6.36. The van der Waals surface area contributed by atoms with Gasteiger partial charge in [0.1, 0.15) is 0 Å². The van der Waals surface area contributed by atoms with Gasteiger partial charge in [-0.3, -0.25) is 19.1 Å². The molecule has 0 unspecified atom stereocenters. The third-order valence-electron chi connectivity index (χ3n) is 5.20. The van der Waals surface area contributed by atoms with Gasteiger partial charge in [0.15, 0.2) is 11.2 Å². The van der Waals surface area contributed by atoms with Crippen LogP contribution in [-0.4, -0.2) is 25.4 Å². The number of H-pyrrole nitrogens is 1. The predicted molar refractivity (Wildman–Crippen MR) is 119 cm³/mol. The van der Waals surface area contributed by atoms with E-state index >= 15 is 0 Å². The van der Waals surface area contributed by atoms with E-state index in [1.807, 2.05) is 13.8 Å². The van der Waals surface area contributed by atoms with Gasteiger partial charge in [-0.2, -0.15) is 0 Å². The average molecular weight is 412 g/mol. The van der Waals surface area contributed by atoms with Crippen molar-refractivity contribution in [2.75, 3.05) is 5.32 Å². The highest BCUT2D eigenvalue weighted by Gasteiger charge is 2.13. The molecule has 8 heteroatoms. The number of rotatable bonds is 9. The number of unbranched alkanes of at least 4 members (excludes halogenated alkanes) is 4. The van der Waals surface area contributed by atoms with Crippen LogP contribution in [0.25, 0.3) is 22.2 Å². The molecule has 0 aliphatic rings. The second-order valence-electron chi connectivity index (χ2n) is 7.68. The lowest BCUT2D eigenvalue weighted by Crippen LogP contribution is -2.35. The number of aromatic amines is 1. The van der Waals surface area contributed by atoms with Crippen LogP contribution in [-0.2, 0) is 11.3 Å². The molecule has 0 radical (unpaired) electrons. The number of hydrogen-bond donors (Lipinski definition) is 2. The van der Waals surface area contributed by atoms with Crippen LogP contribution in [0.4, 0.5) is 5.69 Å². The zero-order chi connectivity index (χ0) is 21.7. The molecular weight excluding hydrogens is 382 g/mol. The molecule has 3 rings (SSSR count). The highest BCUT2D eigenvalue weighted by atomic mass is 16.2. The molecule has 0 fully saturated rings. The molecule has 160 valence electrons. The first-order chi connectivity index (χ1) is 14.4. The molecule has 30 heavy (non-hydrogen) atoms. The van der Waals surface area contributed by atoms with Gasteiger partial charge in [0.05, 0.1) is 11.0 Å². The summed E-state index contributed by atoms with van der Waals surface area (Å²) in [5, 5.41) is 2.94. The minimum absolute atomic E-state index is 0.0329.